The number of nitrogens with zero attached hydrogens (tertiary/aromatic N) is 6. The molecule has 0 amide bonds. The van der Waals surface area contributed by atoms with E-state index in [1.54, 1.807) is 6.92 Å². The third-order valence-corrected chi connectivity index (χ3v) is 6.21. The highest BCUT2D eigenvalue weighted by Gasteiger charge is 2.20. The van der Waals surface area contributed by atoms with Crippen LogP contribution in [0.15, 0.2) is 58.1 Å². The van der Waals surface area contributed by atoms with Gasteiger partial charge in [0.25, 0.3) is 5.56 Å². The van der Waals surface area contributed by atoms with Crippen LogP contribution in [-0.4, -0.2) is 46.8 Å². The fraction of sp³-hybridized carbons (Fsp3) is 0.280. The number of methoxy groups -OCH3 is 1. The van der Waals surface area contributed by atoms with E-state index in [1.165, 1.54) is 7.11 Å². The number of aromatic amines is 2. The van der Waals surface area contributed by atoms with Gasteiger partial charge in [-0.2, -0.15) is 5.21 Å². The van der Waals surface area contributed by atoms with Crippen molar-refractivity contribution in [2.24, 2.45) is 0 Å². The minimum atomic E-state index is -0.706. The van der Waals surface area contributed by atoms with Crippen LogP contribution in [0.4, 0.5) is 0 Å². The van der Waals surface area contributed by atoms with Crippen LogP contribution in [0.2, 0.25) is 0 Å². The maximum Gasteiger partial charge on any atom is 0.332 e. The van der Waals surface area contributed by atoms with Crippen LogP contribution in [-0.2, 0) is 17.7 Å². The van der Waals surface area contributed by atoms with Gasteiger partial charge in [-0.3, -0.25) is 9.78 Å². The highest BCUT2D eigenvalue weighted by Crippen LogP contribution is 2.30. The van der Waals surface area contributed by atoms with Gasteiger partial charge in [0.2, 0.25) is 5.82 Å². The third kappa shape index (κ3) is 4.13. The number of aromatic nitrogens is 8. The van der Waals surface area contributed by atoms with Gasteiger partial charge in [0.15, 0.2) is 11.2 Å². The summed E-state index contributed by atoms with van der Waals surface area (Å²) in [5.41, 5.74) is 3.53. The second kappa shape index (κ2) is 9.70. The number of hydrogen-bond acceptors (Lipinski definition) is 7. The first-order valence-corrected chi connectivity index (χ1v) is 11.7. The molecule has 0 fully saturated rings. The van der Waals surface area contributed by atoms with Crippen molar-refractivity contribution in [3.63, 3.8) is 0 Å². The lowest BCUT2D eigenvalue weighted by Gasteiger charge is -2.13. The molecule has 11 nitrogen and oxygen atoms in total. The maximum atomic E-state index is 13.4. The molecule has 5 rings (SSSR count). The molecule has 184 valence electrons. The zero-order valence-electron chi connectivity index (χ0n) is 20.2. The molecule has 11 heteroatoms. The monoisotopic (exact) mass is 486 g/mol. The number of imidazole rings is 1. The minimum Gasteiger partial charge on any atom is -0.361 e. The van der Waals surface area contributed by atoms with E-state index in [0.29, 0.717) is 30.0 Å². The maximum absolute atomic E-state index is 13.4. The zero-order valence-corrected chi connectivity index (χ0v) is 20.2. The molecule has 2 aromatic carbocycles. The Morgan fingerprint density at radius 3 is 2.47 bits per heavy atom. The predicted molar refractivity (Wildman–Crippen MR) is 134 cm³/mol. The fourth-order valence-electron chi connectivity index (χ4n) is 4.37. The molecule has 1 unspecified atom stereocenters. The molecule has 2 N–H and O–H groups in total. The molecule has 0 spiro atoms. The minimum absolute atomic E-state index is 0.290. The van der Waals surface area contributed by atoms with E-state index in [9.17, 15) is 9.59 Å². The first-order valence-electron chi connectivity index (χ1n) is 11.7. The summed E-state index contributed by atoms with van der Waals surface area (Å²) in [7, 11) is 1.46. The number of H-pyrrole nitrogens is 2. The Hall–Kier alpha value is -4.38. The SMILES string of the molecule is CCCc1nc2[nH]c(=O)n(C(C)OC)c(=O)c2n1Cc1ccc(-c2ccccc2-c2nn[nH]n2)cc1. The Morgan fingerprint density at radius 2 is 1.81 bits per heavy atom. The van der Waals surface area contributed by atoms with E-state index in [-0.39, 0.29) is 0 Å². The lowest BCUT2D eigenvalue weighted by Crippen LogP contribution is -2.38. The van der Waals surface area contributed by atoms with E-state index in [1.807, 2.05) is 60.0 Å². The van der Waals surface area contributed by atoms with E-state index in [4.69, 9.17) is 4.74 Å². The quantitative estimate of drug-likeness (QED) is 0.344. The second-order valence-corrected chi connectivity index (χ2v) is 8.48. The fourth-order valence-corrected chi connectivity index (χ4v) is 4.37. The van der Waals surface area contributed by atoms with Gasteiger partial charge < -0.3 is 9.30 Å². The molecule has 0 radical (unpaired) electrons. The number of fused-ring (bicyclic) bond motifs is 1. The summed E-state index contributed by atoms with van der Waals surface area (Å²) in [5, 5.41) is 14.4. The second-order valence-electron chi connectivity index (χ2n) is 8.48. The first-order chi connectivity index (χ1) is 17.5. The zero-order chi connectivity index (χ0) is 25.2. The molecular weight excluding hydrogens is 460 g/mol. The van der Waals surface area contributed by atoms with Crippen molar-refractivity contribution >= 4 is 11.2 Å². The van der Waals surface area contributed by atoms with Gasteiger partial charge in [0.1, 0.15) is 12.1 Å². The Morgan fingerprint density at radius 1 is 1.06 bits per heavy atom. The molecule has 0 aliphatic rings. The van der Waals surface area contributed by atoms with Crippen LogP contribution in [0.5, 0.6) is 0 Å². The van der Waals surface area contributed by atoms with E-state index >= 15 is 0 Å². The normalized spacial score (nSPS) is 12.3. The summed E-state index contributed by atoms with van der Waals surface area (Å²) in [6.45, 7) is 4.14. The van der Waals surface area contributed by atoms with Gasteiger partial charge in [-0.1, -0.05) is 55.5 Å². The largest absolute Gasteiger partial charge is 0.361 e. The molecule has 3 heterocycles. The number of hydrogen-bond donors (Lipinski definition) is 2. The molecule has 1 atom stereocenters. The van der Waals surface area contributed by atoms with Gasteiger partial charge in [0.05, 0.1) is 0 Å². The van der Waals surface area contributed by atoms with Gasteiger partial charge in [0, 0.05) is 25.6 Å². The standard InChI is InChI=1S/C25H26N8O3/c1-4-7-20-26-23-21(24(34)33(15(2)36-3)25(35)27-23)32(20)14-16-10-12-17(13-11-16)18-8-5-6-9-19(18)22-28-30-31-29-22/h5-6,8-13,15H,4,7,14H2,1-3H3,(H,27,35)(H,28,29,30,31). The van der Waals surface area contributed by atoms with Gasteiger partial charge in [-0.15, -0.1) is 10.2 Å². The van der Waals surface area contributed by atoms with E-state index in [2.05, 4.69) is 30.6 Å². The molecule has 5 aromatic rings. The van der Waals surface area contributed by atoms with Crippen LogP contribution in [0, 0.1) is 0 Å². The molecule has 0 saturated heterocycles. The molecule has 3 aromatic heterocycles. The molecular formula is C25H26N8O3. The predicted octanol–water partition coefficient (Wildman–Crippen LogP) is 2.90. The molecule has 0 aliphatic heterocycles. The summed E-state index contributed by atoms with van der Waals surface area (Å²) >= 11 is 0. The Balaban J connectivity index is 1.55. The van der Waals surface area contributed by atoms with Crippen molar-refractivity contribution in [3.8, 4) is 22.5 Å². The summed E-state index contributed by atoms with van der Waals surface area (Å²) in [5.74, 6) is 1.27. The lowest BCUT2D eigenvalue weighted by atomic mass is 9.98. The first kappa shape index (κ1) is 23.4. The van der Waals surface area contributed by atoms with Crippen molar-refractivity contribution in [2.75, 3.05) is 7.11 Å². The Labute approximate surface area is 205 Å². The van der Waals surface area contributed by atoms with E-state index in [0.717, 1.165) is 39.1 Å². The van der Waals surface area contributed by atoms with Crippen LogP contribution >= 0.6 is 0 Å². The topological polar surface area (TPSA) is 136 Å². The number of tetrazole rings is 1. The van der Waals surface area contributed by atoms with Crippen molar-refractivity contribution < 1.29 is 4.74 Å². The summed E-state index contributed by atoms with van der Waals surface area (Å²) < 4.78 is 8.21. The smallest absolute Gasteiger partial charge is 0.332 e. The van der Waals surface area contributed by atoms with E-state index < -0.39 is 17.5 Å². The summed E-state index contributed by atoms with van der Waals surface area (Å²) in [6, 6.07) is 16.0. The molecule has 0 aliphatic carbocycles. The molecule has 0 saturated carbocycles. The summed E-state index contributed by atoms with van der Waals surface area (Å²) in [4.78, 5) is 33.2. The lowest BCUT2D eigenvalue weighted by molar-refractivity contribution is 0.0542. The average Bonchev–Trinajstić information content (AvgIpc) is 3.53. The average molecular weight is 487 g/mol. The number of ether oxygens (including phenoxy) is 1. The van der Waals surface area contributed by atoms with Gasteiger partial charge in [-0.05, 0) is 35.2 Å². The summed E-state index contributed by atoms with van der Waals surface area (Å²) in [6.07, 6.45) is 0.816. The number of nitrogens with one attached hydrogen (secondary N) is 2. The highest BCUT2D eigenvalue weighted by molar-refractivity contribution is 5.80. The van der Waals surface area contributed by atoms with Gasteiger partial charge in [-0.25, -0.2) is 14.3 Å². The van der Waals surface area contributed by atoms with Crippen molar-refractivity contribution in [3.05, 3.63) is 80.8 Å². The van der Waals surface area contributed by atoms with Crippen molar-refractivity contribution in [1.29, 1.82) is 0 Å². The van der Waals surface area contributed by atoms with Crippen LogP contribution in [0.25, 0.3) is 33.7 Å². The highest BCUT2D eigenvalue weighted by atomic mass is 16.5. The van der Waals surface area contributed by atoms with Crippen LogP contribution < -0.4 is 11.2 Å². The van der Waals surface area contributed by atoms with Crippen LogP contribution in [0.1, 0.15) is 37.9 Å². The number of benzene rings is 2. The van der Waals surface area contributed by atoms with Crippen molar-refractivity contribution in [2.45, 2.75) is 39.5 Å². The Kier molecular flexibility index (Phi) is 6.30. The van der Waals surface area contributed by atoms with Crippen LogP contribution in [0.3, 0.4) is 0 Å². The molecule has 36 heavy (non-hydrogen) atoms. The number of rotatable bonds is 8. The Bertz CT molecular complexity index is 1610. The number of aryl methyl sites for hydroxylation is 1. The van der Waals surface area contributed by atoms with Gasteiger partial charge >= 0.3 is 5.69 Å². The molecule has 0 bridgehead atoms. The third-order valence-electron chi connectivity index (χ3n) is 6.21. The van der Waals surface area contributed by atoms with Crippen molar-refractivity contribution in [1.82, 2.24) is 39.7 Å².